The van der Waals surface area contributed by atoms with E-state index in [2.05, 4.69) is 50.4 Å². The van der Waals surface area contributed by atoms with Gasteiger partial charge in [-0.25, -0.2) is 4.98 Å². The standard InChI is InChI=1S/C26H32N4O2/c31-25(12-13-26-28-20-24(32-26)23-10-5-2-6-11-23)27-14-7-15-29-16-18-30(19-17-29)21-22-8-3-1-4-9-22/h1-6,8-11,20H,7,12-19,21H2,(H,27,31). The number of benzene rings is 2. The Balaban J connectivity index is 1.07. The Morgan fingerprint density at radius 3 is 2.38 bits per heavy atom. The highest BCUT2D eigenvalue weighted by atomic mass is 16.4. The average Bonchev–Trinajstić information content (AvgIpc) is 3.32. The summed E-state index contributed by atoms with van der Waals surface area (Å²) in [7, 11) is 0. The van der Waals surface area contributed by atoms with Crippen LogP contribution in [0.15, 0.2) is 71.3 Å². The molecular weight excluding hydrogens is 400 g/mol. The number of amides is 1. The number of oxazole rings is 1. The third-order valence-corrected chi connectivity index (χ3v) is 5.87. The first kappa shape index (κ1) is 22.2. The van der Waals surface area contributed by atoms with Gasteiger partial charge >= 0.3 is 0 Å². The molecule has 1 saturated heterocycles. The Labute approximate surface area is 190 Å². The van der Waals surface area contributed by atoms with Crippen molar-refractivity contribution in [3.05, 3.63) is 78.3 Å². The third kappa shape index (κ3) is 6.77. The van der Waals surface area contributed by atoms with E-state index in [1.165, 1.54) is 5.56 Å². The van der Waals surface area contributed by atoms with E-state index in [0.29, 0.717) is 25.3 Å². The summed E-state index contributed by atoms with van der Waals surface area (Å²) < 4.78 is 5.77. The van der Waals surface area contributed by atoms with Crippen LogP contribution in [0.4, 0.5) is 0 Å². The molecule has 6 heteroatoms. The molecule has 1 aliphatic rings. The first-order valence-electron chi connectivity index (χ1n) is 11.5. The molecule has 4 rings (SSSR count). The molecule has 1 aromatic heterocycles. The normalized spacial score (nSPS) is 15.0. The fourth-order valence-electron chi connectivity index (χ4n) is 4.01. The van der Waals surface area contributed by atoms with Crippen molar-refractivity contribution < 1.29 is 9.21 Å². The summed E-state index contributed by atoms with van der Waals surface area (Å²) in [5.41, 5.74) is 2.38. The molecule has 1 fully saturated rings. The Morgan fingerprint density at radius 1 is 0.938 bits per heavy atom. The van der Waals surface area contributed by atoms with Gasteiger partial charge in [0.2, 0.25) is 5.91 Å². The summed E-state index contributed by atoms with van der Waals surface area (Å²) in [6.07, 6.45) is 3.61. The van der Waals surface area contributed by atoms with Gasteiger partial charge in [-0.3, -0.25) is 9.69 Å². The minimum atomic E-state index is 0.0529. The number of piperazine rings is 1. The second-order valence-corrected chi connectivity index (χ2v) is 8.29. The minimum absolute atomic E-state index is 0.0529. The van der Waals surface area contributed by atoms with Crippen LogP contribution in [0.25, 0.3) is 11.3 Å². The van der Waals surface area contributed by atoms with Crippen LogP contribution in [0.1, 0.15) is 24.3 Å². The van der Waals surface area contributed by atoms with Crippen LogP contribution in [0.3, 0.4) is 0 Å². The number of hydrogen-bond acceptors (Lipinski definition) is 5. The maximum Gasteiger partial charge on any atom is 0.220 e. The summed E-state index contributed by atoms with van der Waals surface area (Å²) in [6, 6.07) is 20.5. The molecule has 6 nitrogen and oxygen atoms in total. The van der Waals surface area contributed by atoms with Crippen molar-refractivity contribution in [2.24, 2.45) is 0 Å². The smallest absolute Gasteiger partial charge is 0.220 e. The highest BCUT2D eigenvalue weighted by Gasteiger charge is 2.16. The van der Waals surface area contributed by atoms with Crippen molar-refractivity contribution in [1.82, 2.24) is 20.1 Å². The lowest BCUT2D eigenvalue weighted by Crippen LogP contribution is -2.46. The molecule has 0 aliphatic carbocycles. The molecular formula is C26H32N4O2. The van der Waals surface area contributed by atoms with E-state index in [0.717, 1.165) is 57.0 Å². The van der Waals surface area contributed by atoms with Gasteiger partial charge < -0.3 is 14.6 Å². The van der Waals surface area contributed by atoms with Gasteiger partial charge in [-0.05, 0) is 18.5 Å². The lowest BCUT2D eigenvalue weighted by Gasteiger charge is -2.34. The zero-order valence-electron chi connectivity index (χ0n) is 18.6. The molecule has 0 radical (unpaired) electrons. The summed E-state index contributed by atoms with van der Waals surface area (Å²) in [4.78, 5) is 21.5. The van der Waals surface area contributed by atoms with E-state index in [1.807, 2.05) is 30.3 Å². The molecule has 1 aliphatic heterocycles. The highest BCUT2D eigenvalue weighted by Crippen LogP contribution is 2.20. The highest BCUT2D eigenvalue weighted by molar-refractivity contribution is 5.76. The predicted octanol–water partition coefficient (Wildman–Crippen LogP) is 3.60. The monoisotopic (exact) mass is 432 g/mol. The second-order valence-electron chi connectivity index (χ2n) is 8.29. The maximum absolute atomic E-state index is 12.2. The lowest BCUT2D eigenvalue weighted by atomic mass is 10.2. The van der Waals surface area contributed by atoms with Gasteiger partial charge in [-0.15, -0.1) is 0 Å². The molecule has 2 aromatic carbocycles. The van der Waals surface area contributed by atoms with Crippen molar-refractivity contribution in [1.29, 1.82) is 0 Å². The summed E-state index contributed by atoms with van der Waals surface area (Å²) in [5, 5.41) is 3.03. The molecule has 1 N–H and O–H groups in total. The molecule has 32 heavy (non-hydrogen) atoms. The van der Waals surface area contributed by atoms with E-state index in [4.69, 9.17) is 4.42 Å². The van der Waals surface area contributed by atoms with Gasteiger partial charge in [-0.2, -0.15) is 0 Å². The number of hydrogen-bond donors (Lipinski definition) is 1. The SMILES string of the molecule is O=C(CCc1ncc(-c2ccccc2)o1)NCCCN1CCN(Cc2ccccc2)CC1. The third-order valence-electron chi connectivity index (χ3n) is 5.87. The quantitative estimate of drug-likeness (QED) is 0.496. The zero-order chi connectivity index (χ0) is 22.0. The molecule has 0 spiro atoms. The molecule has 1 amide bonds. The fraction of sp³-hybridized carbons (Fsp3) is 0.385. The summed E-state index contributed by atoms with van der Waals surface area (Å²) in [5.74, 6) is 1.40. The van der Waals surface area contributed by atoms with E-state index < -0.39 is 0 Å². The van der Waals surface area contributed by atoms with Gasteiger partial charge in [0.05, 0.1) is 6.20 Å². The van der Waals surface area contributed by atoms with Crippen LogP contribution >= 0.6 is 0 Å². The van der Waals surface area contributed by atoms with Crippen molar-refractivity contribution in [2.75, 3.05) is 39.3 Å². The van der Waals surface area contributed by atoms with E-state index in [1.54, 1.807) is 6.20 Å². The van der Waals surface area contributed by atoms with Gasteiger partial charge in [0.1, 0.15) is 0 Å². The zero-order valence-corrected chi connectivity index (χ0v) is 18.6. The van der Waals surface area contributed by atoms with Crippen LogP contribution in [-0.2, 0) is 17.8 Å². The van der Waals surface area contributed by atoms with Crippen molar-refractivity contribution in [3.63, 3.8) is 0 Å². The molecule has 0 atom stereocenters. The Bertz CT molecular complexity index is 950. The Hall–Kier alpha value is -2.96. The number of rotatable bonds is 10. The first-order chi connectivity index (χ1) is 15.8. The lowest BCUT2D eigenvalue weighted by molar-refractivity contribution is -0.121. The van der Waals surface area contributed by atoms with Crippen LogP contribution < -0.4 is 5.32 Å². The molecule has 0 bridgehead atoms. The van der Waals surface area contributed by atoms with E-state index in [-0.39, 0.29) is 5.91 Å². The maximum atomic E-state index is 12.2. The average molecular weight is 433 g/mol. The Kier molecular flexibility index (Phi) is 8.06. The Morgan fingerprint density at radius 2 is 1.62 bits per heavy atom. The van der Waals surface area contributed by atoms with Crippen LogP contribution in [0, 0.1) is 0 Å². The van der Waals surface area contributed by atoms with Gasteiger partial charge in [0.15, 0.2) is 11.7 Å². The van der Waals surface area contributed by atoms with Crippen LogP contribution in [0.5, 0.6) is 0 Å². The number of aryl methyl sites for hydroxylation is 1. The molecule has 0 unspecified atom stereocenters. The van der Waals surface area contributed by atoms with Gasteiger partial charge in [0, 0.05) is 57.7 Å². The van der Waals surface area contributed by atoms with E-state index in [9.17, 15) is 4.79 Å². The molecule has 0 saturated carbocycles. The minimum Gasteiger partial charge on any atom is -0.441 e. The van der Waals surface area contributed by atoms with Gasteiger partial charge in [-0.1, -0.05) is 60.7 Å². The number of nitrogens with one attached hydrogen (secondary N) is 1. The van der Waals surface area contributed by atoms with Crippen LogP contribution in [-0.4, -0.2) is 60.0 Å². The van der Waals surface area contributed by atoms with Crippen molar-refractivity contribution in [2.45, 2.75) is 25.8 Å². The van der Waals surface area contributed by atoms with E-state index >= 15 is 0 Å². The largest absolute Gasteiger partial charge is 0.441 e. The van der Waals surface area contributed by atoms with Crippen molar-refractivity contribution in [3.8, 4) is 11.3 Å². The summed E-state index contributed by atoms with van der Waals surface area (Å²) >= 11 is 0. The first-order valence-corrected chi connectivity index (χ1v) is 11.5. The predicted molar refractivity (Wildman–Crippen MR) is 126 cm³/mol. The van der Waals surface area contributed by atoms with Crippen molar-refractivity contribution >= 4 is 5.91 Å². The number of carbonyl (C=O) groups excluding carboxylic acids is 1. The summed E-state index contributed by atoms with van der Waals surface area (Å²) in [6.45, 7) is 7.15. The number of aromatic nitrogens is 1. The number of carbonyl (C=O) groups is 1. The topological polar surface area (TPSA) is 61.6 Å². The van der Waals surface area contributed by atoms with Gasteiger partial charge in [0.25, 0.3) is 0 Å². The molecule has 3 aromatic rings. The number of nitrogens with zero attached hydrogens (tertiary/aromatic N) is 3. The molecule has 2 heterocycles. The second kappa shape index (κ2) is 11.6. The fourth-order valence-corrected chi connectivity index (χ4v) is 4.01. The molecule has 168 valence electrons. The van der Waals surface area contributed by atoms with Crippen LogP contribution in [0.2, 0.25) is 0 Å².